The lowest BCUT2D eigenvalue weighted by molar-refractivity contribution is 0.0937. The fourth-order valence-corrected chi connectivity index (χ4v) is 1.18. The van der Waals surface area contributed by atoms with E-state index < -0.39 is 7.32 Å². The monoisotopic (exact) mass is 239 g/mol. The van der Waals surface area contributed by atoms with Gasteiger partial charge in [0.2, 0.25) is 0 Å². The molecule has 0 aliphatic heterocycles. The molecule has 0 saturated carbocycles. The summed E-state index contributed by atoms with van der Waals surface area (Å²) < 4.78 is 9.41. The molecule has 0 aliphatic carbocycles. The third-order valence-electron chi connectivity index (χ3n) is 1.95. The number of hydrogen-bond donors (Lipinski definition) is 3. The molecule has 0 radical (unpaired) electrons. The molecule has 3 N–H and O–H groups in total. The lowest BCUT2D eigenvalue weighted by Gasteiger charge is -2.06. The minimum Gasteiger partial charge on any atom is -0.512 e. The Morgan fingerprint density at radius 1 is 1.35 bits per heavy atom. The largest absolute Gasteiger partial charge is 0.707 e. The summed E-state index contributed by atoms with van der Waals surface area (Å²) in [6.07, 6.45) is 0. The number of carbonyl (C=O) groups is 1. The summed E-state index contributed by atoms with van der Waals surface area (Å²) in [6, 6.07) is 6.01. The van der Waals surface area contributed by atoms with Crippen molar-refractivity contribution >= 4 is 13.2 Å². The summed E-state index contributed by atoms with van der Waals surface area (Å²) in [5.74, 6) is 0.0478. The van der Waals surface area contributed by atoms with E-state index >= 15 is 0 Å². The number of ether oxygens (including phenoxy) is 1. The van der Waals surface area contributed by atoms with Crippen LogP contribution in [0.4, 0.5) is 0 Å². The van der Waals surface area contributed by atoms with Crippen molar-refractivity contribution in [2.45, 2.75) is 0 Å². The molecule has 0 saturated heterocycles. The SMILES string of the molecule is COCCNC(=O)c1ccc(OB(O)O)cc1. The Bertz CT molecular complexity index is 354. The quantitative estimate of drug-likeness (QED) is 0.456. The fourth-order valence-electron chi connectivity index (χ4n) is 1.18. The molecule has 1 rings (SSSR count). The fraction of sp³-hybridized carbons (Fsp3) is 0.300. The molecule has 1 amide bonds. The smallest absolute Gasteiger partial charge is 0.512 e. The van der Waals surface area contributed by atoms with Crippen molar-refractivity contribution < 1.29 is 24.2 Å². The van der Waals surface area contributed by atoms with E-state index in [1.54, 1.807) is 7.11 Å². The molecule has 17 heavy (non-hydrogen) atoms. The van der Waals surface area contributed by atoms with Crippen molar-refractivity contribution in [3.63, 3.8) is 0 Å². The highest BCUT2D eigenvalue weighted by Crippen LogP contribution is 2.12. The first kappa shape index (κ1) is 13.5. The van der Waals surface area contributed by atoms with Gasteiger partial charge in [-0.3, -0.25) is 4.79 Å². The van der Waals surface area contributed by atoms with Gasteiger partial charge in [0.15, 0.2) is 0 Å². The van der Waals surface area contributed by atoms with Gasteiger partial charge in [0.25, 0.3) is 5.91 Å². The molecule has 0 fully saturated rings. The number of methoxy groups -OCH3 is 1. The van der Waals surface area contributed by atoms with Crippen LogP contribution in [0.15, 0.2) is 24.3 Å². The maximum Gasteiger partial charge on any atom is 0.707 e. The highest BCUT2D eigenvalue weighted by atomic mass is 16.6. The van der Waals surface area contributed by atoms with Gasteiger partial charge in [-0.05, 0) is 24.3 Å². The van der Waals surface area contributed by atoms with E-state index in [1.807, 2.05) is 0 Å². The predicted molar refractivity (Wildman–Crippen MR) is 61.5 cm³/mol. The summed E-state index contributed by atoms with van der Waals surface area (Å²) in [7, 11) is -0.310. The molecular weight excluding hydrogens is 225 g/mol. The first-order chi connectivity index (χ1) is 8.13. The zero-order valence-electron chi connectivity index (χ0n) is 9.42. The average Bonchev–Trinajstić information content (AvgIpc) is 2.29. The Kier molecular flexibility index (Phi) is 5.48. The molecule has 1 aromatic carbocycles. The highest BCUT2D eigenvalue weighted by Gasteiger charge is 2.11. The van der Waals surface area contributed by atoms with Crippen LogP contribution in [0.2, 0.25) is 0 Å². The van der Waals surface area contributed by atoms with Crippen molar-refractivity contribution in [2.24, 2.45) is 0 Å². The number of benzene rings is 1. The van der Waals surface area contributed by atoms with Crippen LogP contribution in [-0.2, 0) is 4.74 Å². The molecule has 92 valence electrons. The molecule has 1 aromatic rings. The molecular formula is C10H14BNO5. The Labute approximate surface area is 99.3 Å². The second kappa shape index (κ2) is 6.90. The van der Waals surface area contributed by atoms with Crippen molar-refractivity contribution in [3.05, 3.63) is 29.8 Å². The van der Waals surface area contributed by atoms with Crippen LogP contribution in [0.25, 0.3) is 0 Å². The molecule has 0 unspecified atom stereocenters. The van der Waals surface area contributed by atoms with Gasteiger partial charge in [-0.15, -0.1) is 0 Å². The second-order valence-corrected chi connectivity index (χ2v) is 3.22. The summed E-state index contributed by atoms with van der Waals surface area (Å²) in [6.45, 7) is 0.882. The van der Waals surface area contributed by atoms with E-state index in [4.69, 9.17) is 14.8 Å². The van der Waals surface area contributed by atoms with Gasteiger partial charge in [0.1, 0.15) is 5.75 Å². The van der Waals surface area contributed by atoms with E-state index in [2.05, 4.69) is 9.97 Å². The number of rotatable bonds is 6. The van der Waals surface area contributed by atoms with Crippen molar-refractivity contribution in [2.75, 3.05) is 20.3 Å². The highest BCUT2D eigenvalue weighted by molar-refractivity contribution is 6.33. The Balaban J connectivity index is 2.52. The number of carbonyl (C=O) groups excluding carboxylic acids is 1. The zero-order valence-corrected chi connectivity index (χ0v) is 9.42. The normalized spacial score (nSPS) is 9.82. The maximum absolute atomic E-state index is 11.5. The molecule has 7 heteroatoms. The van der Waals surface area contributed by atoms with Gasteiger partial charge in [-0.25, -0.2) is 0 Å². The Morgan fingerprint density at radius 3 is 2.53 bits per heavy atom. The van der Waals surface area contributed by atoms with Crippen LogP contribution >= 0.6 is 0 Å². The van der Waals surface area contributed by atoms with Crippen LogP contribution < -0.4 is 9.97 Å². The van der Waals surface area contributed by atoms with Gasteiger partial charge in [0.05, 0.1) is 6.61 Å². The predicted octanol–water partition coefficient (Wildman–Crippen LogP) is -0.589. The van der Waals surface area contributed by atoms with E-state index in [0.29, 0.717) is 18.7 Å². The summed E-state index contributed by atoms with van der Waals surface area (Å²) >= 11 is 0. The van der Waals surface area contributed by atoms with Crippen LogP contribution in [-0.4, -0.2) is 43.5 Å². The third-order valence-corrected chi connectivity index (χ3v) is 1.95. The topological polar surface area (TPSA) is 88.0 Å². The summed E-state index contributed by atoms with van der Waals surface area (Å²) in [4.78, 5) is 11.5. The van der Waals surface area contributed by atoms with Crippen molar-refractivity contribution in [1.29, 1.82) is 0 Å². The van der Waals surface area contributed by atoms with Crippen LogP contribution in [0, 0.1) is 0 Å². The van der Waals surface area contributed by atoms with Gasteiger partial charge in [-0.2, -0.15) is 0 Å². The molecule has 0 bridgehead atoms. The molecule has 0 atom stereocenters. The average molecular weight is 239 g/mol. The van der Waals surface area contributed by atoms with Gasteiger partial charge < -0.3 is 24.8 Å². The number of nitrogens with one attached hydrogen (secondary N) is 1. The summed E-state index contributed by atoms with van der Waals surface area (Å²) in [5.41, 5.74) is 0.459. The summed E-state index contributed by atoms with van der Waals surface area (Å²) in [5, 5.41) is 19.8. The lowest BCUT2D eigenvalue weighted by atomic mass is 10.2. The molecule has 0 heterocycles. The Hall–Kier alpha value is -1.57. The number of hydrogen-bond acceptors (Lipinski definition) is 5. The van der Waals surface area contributed by atoms with Crippen LogP contribution in [0.5, 0.6) is 5.75 Å². The molecule has 0 aromatic heterocycles. The van der Waals surface area contributed by atoms with Crippen LogP contribution in [0.1, 0.15) is 10.4 Å². The molecule has 0 aliphatic rings. The lowest BCUT2D eigenvalue weighted by Crippen LogP contribution is -2.26. The second-order valence-electron chi connectivity index (χ2n) is 3.22. The van der Waals surface area contributed by atoms with Crippen molar-refractivity contribution in [3.8, 4) is 5.75 Å². The molecule has 6 nitrogen and oxygen atoms in total. The third kappa shape index (κ3) is 4.86. The first-order valence-electron chi connectivity index (χ1n) is 5.03. The minimum absolute atomic E-state index is 0.224. The van der Waals surface area contributed by atoms with Gasteiger partial charge >= 0.3 is 7.32 Å². The van der Waals surface area contributed by atoms with E-state index in [1.165, 1.54) is 24.3 Å². The maximum atomic E-state index is 11.5. The first-order valence-corrected chi connectivity index (χ1v) is 5.03. The van der Waals surface area contributed by atoms with Gasteiger partial charge in [-0.1, -0.05) is 0 Å². The molecule has 0 spiro atoms. The zero-order chi connectivity index (χ0) is 12.7. The minimum atomic E-state index is -1.86. The van der Waals surface area contributed by atoms with Gasteiger partial charge in [0, 0.05) is 19.2 Å². The van der Waals surface area contributed by atoms with E-state index in [9.17, 15) is 4.79 Å². The van der Waals surface area contributed by atoms with E-state index in [0.717, 1.165) is 0 Å². The Morgan fingerprint density at radius 2 is 2.00 bits per heavy atom. The van der Waals surface area contributed by atoms with Crippen LogP contribution in [0.3, 0.4) is 0 Å². The van der Waals surface area contributed by atoms with Crippen molar-refractivity contribution in [1.82, 2.24) is 5.32 Å². The number of amides is 1. The van der Waals surface area contributed by atoms with E-state index in [-0.39, 0.29) is 11.7 Å². The standard InChI is InChI=1S/C10H14BNO5/c1-16-7-6-12-10(13)8-2-4-9(5-3-8)17-11(14)15/h2-5,14-15H,6-7H2,1H3,(H,12,13).